The lowest BCUT2D eigenvalue weighted by molar-refractivity contribution is 0.222. The Hall–Kier alpha value is -1.41. The number of hydrogen-bond donors (Lipinski definition) is 0. The van der Waals surface area contributed by atoms with E-state index in [1.165, 1.54) is 89.2 Å². The maximum absolute atomic E-state index is 14.9. The minimum Gasteiger partial charge on any atom is -0.206 e. The van der Waals surface area contributed by atoms with E-state index >= 15 is 0 Å². The van der Waals surface area contributed by atoms with Gasteiger partial charge in [-0.25, -0.2) is 8.78 Å². The van der Waals surface area contributed by atoms with Crippen LogP contribution in [0.3, 0.4) is 0 Å². The van der Waals surface area contributed by atoms with Crippen molar-refractivity contribution in [1.29, 1.82) is 0 Å². The molecule has 2 aliphatic rings. The maximum atomic E-state index is 14.9. The zero-order valence-corrected chi connectivity index (χ0v) is 21.6. The predicted molar refractivity (Wildman–Crippen MR) is 140 cm³/mol. The standard InChI is InChI=1S/C31H41ClF2/c1-2-3-4-5-22-6-8-23(9-7-22)10-11-24-12-14-25(15-13-24)26-16-18-28(30(33)20-26)27-17-19-29(32)31(34)21-27/h16-25H,2-15H2,1H3. The van der Waals surface area contributed by atoms with Gasteiger partial charge in [-0.2, -0.15) is 0 Å². The van der Waals surface area contributed by atoms with Gasteiger partial charge in [0.1, 0.15) is 11.6 Å². The zero-order chi connectivity index (χ0) is 23.9. The summed E-state index contributed by atoms with van der Waals surface area (Å²) in [6, 6.07) is 9.98. The SMILES string of the molecule is CCCCCC1CCC(CCC2CCC(c3ccc(-c4ccc(Cl)c(F)c4)c(F)c3)CC2)CC1. The Morgan fingerprint density at radius 3 is 1.91 bits per heavy atom. The van der Waals surface area contributed by atoms with E-state index in [1.807, 2.05) is 6.07 Å². The molecule has 4 rings (SSSR count). The first kappa shape index (κ1) is 25.7. The van der Waals surface area contributed by atoms with Crippen LogP contribution < -0.4 is 0 Å². The van der Waals surface area contributed by atoms with Crippen LogP contribution in [0.1, 0.15) is 108 Å². The molecule has 0 amide bonds. The molecule has 3 heteroatoms. The number of halogens is 3. The van der Waals surface area contributed by atoms with Gasteiger partial charge in [0.05, 0.1) is 5.02 Å². The summed E-state index contributed by atoms with van der Waals surface area (Å²) >= 11 is 5.77. The van der Waals surface area contributed by atoms with E-state index in [9.17, 15) is 8.78 Å². The molecule has 2 aliphatic carbocycles. The van der Waals surface area contributed by atoms with Crippen LogP contribution in [-0.2, 0) is 0 Å². The normalized spacial score (nSPS) is 25.4. The smallest absolute Gasteiger partial charge is 0.142 e. The van der Waals surface area contributed by atoms with Crippen molar-refractivity contribution >= 4 is 11.6 Å². The van der Waals surface area contributed by atoms with Crippen LogP contribution in [0.2, 0.25) is 5.02 Å². The van der Waals surface area contributed by atoms with Gasteiger partial charge >= 0.3 is 0 Å². The third kappa shape index (κ3) is 6.84. The topological polar surface area (TPSA) is 0 Å². The molecule has 186 valence electrons. The minimum atomic E-state index is -0.513. The Morgan fingerprint density at radius 1 is 0.706 bits per heavy atom. The molecule has 2 aromatic rings. The van der Waals surface area contributed by atoms with Crippen LogP contribution in [0.15, 0.2) is 36.4 Å². The Balaban J connectivity index is 1.21. The lowest BCUT2D eigenvalue weighted by Crippen LogP contribution is -2.18. The lowest BCUT2D eigenvalue weighted by Gasteiger charge is -2.32. The molecular weight excluding hydrogens is 446 g/mol. The number of hydrogen-bond acceptors (Lipinski definition) is 0. The Kier molecular flexibility index (Phi) is 9.46. The van der Waals surface area contributed by atoms with Crippen molar-refractivity contribution in [2.24, 2.45) is 17.8 Å². The molecule has 2 fully saturated rings. The molecule has 0 nitrogen and oxygen atoms in total. The van der Waals surface area contributed by atoms with Gasteiger partial charge in [-0.3, -0.25) is 0 Å². The second-order valence-corrected chi connectivity index (χ2v) is 11.5. The molecule has 2 aromatic carbocycles. The molecular formula is C31H41ClF2. The molecule has 34 heavy (non-hydrogen) atoms. The van der Waals surface area contributed by atoms with Gasteiger partial charge < -0.3 is 0 Å². The Bertz CT molecular complexity index is 908. The number of benzene rings is 2. The quantitative estimate of drug-likeness (QED) is 0.309. The van der Waals surface area contributed by atoms with Gasteiger partial charge in [0.2, 0.25) is 0 Å². The molecule has 0 aliphatic heterocycles. The monoisotopic (exact) mass is 486 g/mol. The van der Waals surface area contributed by atoms with Gasteiger partial charge in [-0.05, 0) is 78.7 Å². The summed E-state index contributed by atoms with van der Waals surface area (Å²) in [5.41, 5.74) is 2.06. The van der Waals surface area contributed by atoms with Crippen molar-refractivity contribution in [3.05, 3.63) is 58.6 Å². The molecule has 0 spiro atoms. The van der Waals surface area contributed by atoms with Crippen molar-refractivity contribution < 1.29 is 8.78 Å². The molecule has 2 saturated carbocycles. The van der Waals surface area contributed by atoms with Crippen molar-refractivity contribution in [2.45, 2.75) is 103 Å². The Morgan fingerprint density at radius 2 is 1.32 bits per heavy atom. The van der Waals surface area contributed by atoms with Gasteiger partial charge in [-0.15, -0.1) is 0 Å². The van der Waals surface area contributed by atoms with E-state index in [0.717, 1.165) is 36.2 Å². The maximum Gasteiger partial charge on any atom is 0.142 e. The predicted octanol–water partition coefficient (Wildman–Crippen LogP) is 10.7. The van der Waals surface area contributed by atoms with Crippen molar-refractivity contribution in [3.63, 3.8) is 0 Å². The van der Waals surface area contributed by atoms with Gasteiger partial charge in [0.15, 0.2) is 0 Å². The van der Waals surface area contributed by atoms with Crippen molar-refractivity contribution in [3.8, 4) is 11.1 Å². The summed E-state index contributed by atoms with van der Waals surface area (Å²) in [4.78, 5) is 0. The molecule has 0 N–H and O–H groups in total. The Labute approximate surface area is 210 Å². The first-order valence-electron chi connectivity index (χ1n) is 13.8. The summed E-state index contributed by atoms with van der Waals surface area (Å²) in [7, 11) is 0. The lowest BCUT2D eigenvalue weighted by atomic mass is 9.74. The fraction of sp³-hybridized carbons (Fsp3) is 0.613. The van der Waals surface area contributed by atoms with Crippen LogP contribution in [0.4, 0.5) is 8.78 Å². The van der Waals surface area contributed by atoms with Crippen LogP contribution in [-0.4, -0.2) is 0 Å². The van der Waals surface area contributed by atoms with E-state index < -0.39 is 5.82 Å². The second-order valence-electron chi connectivity index (χ2n) is 11.0. The fourth-order valence-electron chi connectivity index (χ4n) is 6.43. The molecule has 0 atom stereocenters. The average molecular weight is 487 g/mol. The highest BCUT2D eigenvalue weighted by Crippen LogP contribution is 2.41. The molecule has 0 unspecified atom stereocenters. The van der Waals surface area contributed by atoms with E-state index in [1.54, 1.807) is 18.2 Å². The second kappa shape index (κ2) is 12.5. The summed E-state index contributed by atoms with van der Waals surface area (Å²) in [6.45, 7) is 2.30. The van der Waals surface area contributed by atoms with Gasteiger partial charge in [0, 0.05) is 5.56 Å². The van der Waals surface area contributed by atoms with Crippen LogP contribution in [0, 0.1) is 29.4 Å². The minimum absolute atomic E-state index is 0.0626. The molecule has 0 aromatic heterocycles. The van der Waals surface area contributed by atoms with Gasteiger partial charge in [-0.1, -0.05) is 101 Å². The summed E-state index contributed by atoms with van der Waals surface area (Å²) < 4.78 is 28.7. The van der Waals surface area contributed by atoms with Crippen molar-refractivity contribution in [1.82, 2.24) is 0 Å². The van der Waals surface area contributed by atoms with Crippen LogP contribution in [0.25, 0.3) is 11.1 Å². The molecule has 0 bridgehead atoms. The third-order valence-electron chi connectivity index (χ3n) is 8.71. The first-order chi connectivity index (χ1) is 16.5. The molecule has 0 heterocycles. The van der Waals surface area contributed by atoms with E-state index in [2.05, 4.69) is 6.92 Å². The highest BCUT2D eigenvalue weighted by Gasteiger charge is 2.26. The fourth-order valence-corrected chi connectivity index (χ4v) is 6.55. The van der Waals surface area contributed by atoms with E-state index in [-0.39, 0.29) is 10.8 Å². The summed E-state index contributed by atoms with van der Waals surface area (Å²) in [6.07, 6.45) is 19.1. The van der Waals surface area contributed by atoms with E-state index in [0.29, 0.717) is 17.0 Å². The van der Waals surface area contributed by atoms with Crippen LogP contribution in [0.5, 0.6) is 0 Å². The third-order valence-corrected chi connectivity index (χ3v) is 9.01. The number of unbranched alkanes of at least 4 members (excludes halogenated alkanes) is 2. The van der Waals surface area contributed by atoms with E-state index in [4.69, 9.17) is 11.6 Å². The molecule has 0 radical (unpaired) electrons. The molecule has 0 saturated heterocycles. The average Bonchev–Trinajstić information content (AvgIpc) is 2.86. The summed E-state index contributed by atoms with van der Waals surface area (Å²) in [5, 5.41) is 0.0626. The van der Waals surface area contributed by atoms with Crippen LogP contribution >= 0.6 is 11.6 Å². The van der Waals surface area contributed by atoms with Gasteiger partial charge in [0.25, 0.3) is 0 Å². The highest BCUT2D eigenvalue weighted by molar-refractivity contribution is 6.30. The first-order valence-corrected chi connectivity index (χ1v) is 14.2. The number of rotatable bonds is 9. The largest absolute Gasteiger partial charge is 0.206 e. The zero-order valence-electron chi connectivity index (χ0n) is 20.8. The highest BCUT2D eigenvalue weighted by atomic mass is 35.5. The van der Waals surface area contributed by atoms with Crippen molar-refractivity contribution in [2.75, 3.05) is 0 Å². The summed E-state index contributed by atoms with van der Waals surface area (Å²) in [5.74, 6) is 2.47.